The third-order valence-electron chi connectivity index (χ3n) is 2.55. The molecule has 18 heavy (non-hydrogen) atoms. The molecule has 1 amide bonds. The number of hydrogen-bond donors (Lipinski definition) is 1. The van der Waals surface area contributed by atoms with E-state index < -0.39 is 0 Å². The number of amides is 1. The minimum absolute atomic E-state index is 0.0226. The summed E-state index contributed by atoms with van der Waals surface area (Å²) in [5.74, 6) is 0.947. The number of carbonyl (C=O) groups is 1. The molecular weight excluding hydrogens is 252 g/mol. The number of nitrogens with zero attached hydrogens (tertiary/aromatic N) is 1. The molecule has 1 N–H and O–H groups in total. The van der Waals surface area contributed by atoms with Gasteiger partial charge in [-0.05, 0) is 31.2 Å². The Morgan fingerprint density at radius 2 is 2.17 bits per heavy atom. The van der Waals surface area contributed by atoms with Crippen LogP contribution in [0, 0.1) is 0 Å². The van der Waals surface area contributed by atoms with Gasteiger partial charge in [0.2, 0.25) is 0 Å². The van der Waals surface area contributed by atoms with Gasteiger partial charge in [-0.25, -0.2) is 0 Å². The van der Waals surface area contributed by atoms with E-state index in [9.17, 15) is 4.79 Å². The highest BCUT2D eigenvalue weighted by Gasteiger charge is 2.13. The van der Waals surface area contributed by atoms with Crippen LogP contribution >= 0.6 is 11.6 Å². The summed E-state index contributed by atoms with van der Waals surface area (Å²) in [5, 5.41) is 2.88. The van der Waals surface area contributed by atoms with Gasteiger partial charge in [-0.2, -0.15) is 0 Å². The molecule has 0 aliphatic heterocycles. The fourth-order valence-electron chi connectivity index (χ4n) is 1.72. The first-order valence-electron chi connectivity index (χ1n) is 5.75. The second kappa shape index (κ2) is 5.78. The summed E-state index contributed by atoms with van der Waals surface area (Å²) in [5.41, 5.74) is 0. The maximum absolute atomic E-state index is 11.9. The van der Waals surface area contributed by atoms with Crippen LogP contribution in [0.4, 0.5) is 0 Å². The van der Waals surface area contributed by atoms with Gasteiger partial charge in [-0.1, -0.05) is 0 Å². The molecule has 0 aliphatic rings. The first kappa shape index (κ1) is 12.8. The summed E-state index contributed by atoms with van der Waals surface area (Å²) in [6, 6.07) is 7.27. The number of alkyl halides is 1. The molecule has 0 bridgehead atoms. The highest BCUT2D eigenvalue weighted by atomic mass is 35.5. The Hall–Kier alpha value is -1.68. The second-order valence-corrected chi connectivity index (χ2v) is 4.42. The van der Waals surface area contributed by atoms with E-state index in [4.69, 9.17) is 16.0 Å². The van der Waals surface area contributed by atoms with E-state index in [0.717, 1.165) is 6.54 Å². The Kier molecular flexibility index (Phi) is 4.10. The van der Waals surface area contributed by atoms with Gasteiger partial charge in [-0.15, -0.1) is 11.6 Å². The third kappa shape index (κ3) is 3.17. The number of carbonyl (C=O) groups excluding carboxylic acids is 1. The van der Waals surface area contributed by atoms with Crippen molar-refractivity contribution in [3.05, 3.63) is 48.2 Å². The fourth-order valence-corrected chi connectivity index (χ4v) is 1.86. The second-order valence-electron chi connectivity index (χ2n) is 4.15. The van der Waals surface area contributed by atoms with E-state index in [-0.39, 0.29) is 17.8 Å². The summed E-state index contributed by atoms with van der Waals surface area (Å²) in [7, 11) is 0. The molecule has 0 spiro atoms. The number of aromatic nitrogens is 1. The van der Waals surface area contributed by atoms with Crippen LogP contribution in [0.5, 0.6) is 0 Å². The summed E-state index contributed by atoms with van der Waals surface area (Å²) < 4.78 is 7.29. The number of hydrogen-bond acceptors (Lipinski definition) is 2. The molecular formula is C13H15ClN2O2. The Bertz CT molecular complexity index is 505. The van der Waals surface area contributed by atoms with Crippen LogP contribution in [0.2, 0.25) is 0 Å². The van der Waals surface area contributed by atoms with Crippen LogP contribution in [0.25, 0.3) is 0 Å². The van der Waals surface area contributed by atoms with Crippen molar-refractivity contribution in [3.8, 4) is 0 Å². The summed E-state index contributed by atoms with van der Waals surface area (Å²) in [6.07, 6.45) is 3.92. The average Bonchev–Trinajstić information content (AvgIpc) is 2.98. The molecule has 4 nitrogen and oxygen atoms in total. The van der Waals surface area contributed by atoms with E-state index in [0.29, 0.717) is 11.5 Å². The number of furan rings is 1. The van der Waals surface area contributed by atoms with Crippen LogP contribution in [0.15, 0.2) is 41.1 Å². The molecule has 0 aromatic carbocycles. The van der Waals surface area contributed by atoms with Crippen LogP contribution in [-0.2, 0) is 12.4 Å². The molecule has 2 heterocycles. The predicted octanol–water partition coefficient (Wildman–Crippen LogP) is 2.64. The van der Waals surface area contributed by atoms with E-state index in [1.165, 1.54) is 0 Å². The average molecular weight is 267 g/mol. The maximum Gasteiger partial charge on any atom is 0.287 e. The predicted molar refractivity (Wildman–Crippen MR) is 69.6 cm³/mol. The molecule has 2 aromatic heterocycles. The van der Waals surface area contributed by atoms with Crippen molar-refractivity contribution < 1.29 is 9.21 Å². The van der Waals surface area contributed by atoms with Crippen molar-refractivity contribution in [1.82, 2.24) is 9.88 Å². The van der Waals surface area contributed by atoms with Gasteiger partial charge in [0.25, 0.3) is 5.91 Å². The first-order valence-corrected chi connectivity index (χ1v) is 6.29. The Labute approximate surface area is 111 Å². The topological polar surface area (TPSA) is 47.2 Å². The fraction of sp³-hybridized carbons (Fsp3) is 0.308. The zero-order chi connectivity index (χ0) is 13.0. The standard InChI is InChI=1S/C13H15ClN2O2/c1-10(9-16-6-2-3-7-16)15-13(17)12-5-4-11(8-14)18-12/h2-7,10H,8-9H2,1H3,(H,15,17). The molecule has 1 unspecified atom stereocenters. The van der Waals surface area contributed by atoms with Crippen LogP contribution in [0.1, 0.15) is 23.2 Å². The van der Waals surface area contributed by atoms with Gasteiger partial charge in [0.1, 0.15) is 5.76 Å². The lowest BCUT2D eigenvalue weighted by Gasteiger charge is -2.13. The van der Waals surface area contributed by atoms with Crippen molar-refractivity contribution in [2.45, 2.75) is 25.4 Å². The monoisotopic (exact) mass is 266 g/mol. The molecule has 0 radical (unpaired) electrons. The van der Waals surface area contributed by atoms with Crippen LogP contribution < -0.4 is 5.32 Å². The van der Waals surface area contributed by atoms with Gasteiger partial charge < -0.3 is 14.3 Å². The molecule has 2 aromatic rings. The zero-order valence-corrected chi connectivity index (χ0v) is 10.9. The van der Waals surface area contributed by atoms with Crippen molar-refractivity contribution in [1.29, 1.82) is 0 Å². The number of rotatable bonds is 5. The summed E-state index contributed by atoms with van der Waals surface area (Å²) in [6.45, 7) is 2.67. The lowest BCUT2D eigenvalue weighted by atomic mass is 10.3. The van der Waals surface area contributed by atoms with Gasteiger partial charge >= 0.3 is 0 Å². The van der Waals surface area contributed by atoms with Crippen molar-refractivity contribution in [3.63, 3.8) is 0 Å². The Morgan fingerprint density at radius 3 is 2.78 bits per heavy atom. The molecule has 0 saturated heterocycles. The minimum atomic E-state index is -0.217. The van der Waals surface area contributed by atoms with Crippen molar-refractivity contribution in [2.24, 2.45) is 0 Å². The van der Waals surface area contributed by atoms with E-state index in [1.54, 1.807) is 12.1 Å². The smallest absolute Gasteiger partial charge is 0.287 e. The summed E-state index contributed by atoms with van der Waals surface area (Å²) >= 11 is 5.62. The van der Waals surface area contributed by atoms with E-state index >= 15 is 0 Å². The molecule has 5 heteroatoms. The normalized spacial score (nSPS) is 12.3. The lowest BCUT2D eigenvalue weighted by molar-refractivity contribution is 0.0907. The van der Waals surface area contributed by atoms with Gasteiger partial charge in [0, 0.05) is 25.0 Å². The quantitative estimate of drug-likeness (QED) is 0.846. The Balaban J connectivity index is 1.90. The SMILES string of the molecule is CC(Cn1cccc1)NC(=O)c1ccc(CCl)o1. The van der Waals surface area contributed by atoms with Crippen LogP contribution in [0.3, 0.4) is 0 Å². The molecule has 0 aliphatic carbocycles. The molecule has 96 valence electrons. The van der Waals surface area contributed by atoms with Crippen molar-refractivity contribution in [2.75, 3.05) is 0 Å². The number of nitrogens with one attached hydrogen (secondary N) is 1. The van der Waals surface area contributed by atoms with Gasteiger partial charge in [0.05, 0.1) is 5.88 Å². The molecule has 2 rings (SSSR count). The van der Waals surface area contributed by atoms with Gasteiger partial charge in [-0.3, -0.25) is 4.79 Å². The minimum Gasteiger partial charge on any atom is -0.455 e. The molecule has 0 saturated carbocycles. The van der Waals surface area contributed by atoms with E-state index in [2.05, 4.69) is 5.32 Å². The summed E-state index contributed by atoms with van der Waals surface area (Å²) in [4.78, 5) is 11.9. The van der Waals surface area contributed by atoms with Crippen molar-refractivity contribution >= 4 is 17.5 Å². The first-order chi connectivity index (χ1) is 8.69. The highest BCUT2D eigenvalue weighted by Crippen LogP contribution is 2.10. The largest absolute Gasteiger partial charge is 0.455 e. The maximum atomic E-state index is 11.9. The lowest BCUT2D eigenvalue weighted by Crippen LogP contribution is -2.35. The highest BCUT2D eigenvalue weighted by molar-refractivity contribution is 6.16. The van der Waals surface area contributed by atoms with Gasteiger partial charge in [0.15, 0.2) is 5.76 Å². The Morgan fingerprint density at radius 1 is 1.44 bits per heavy atom. The van der Waals surface area contributed by atoms with E-state index in [1.807, 2.05) is 36.0 Å². The zero-order valence-electron chi connectivity index (χ0n) is 10.1. The van der Waals surface area contributed by atoms with Crippen LogP contribution in [-0.4, -0.2) is 16.5 Å². The third-order valence-corrected chi connectivity index (χ3v) is 2.81. The molecule has 1 atom stereocenters. The molecule has 0 fully saturated rings. The number of halogens is 1.